The number of fused-ring (bicyclic) bond motifs is 1. The molecule has 0 saturated heterocycles. The van der Waals surface area contributed by atoms with Crippen LogP contribution in [0.2, 0.25) is 0 Å². The highest BCUT2D eigenvalue weighted by atomic mass is 19.4. The highest BCUT2D eigenvalue weighted by Crippen LogP contribution is 2.37. The van der Waals surface area contributed by atoms with Crippen molar-refractivity contribution in [3.05, 3.63) is 89.0 Å². The fraction of sp³-hybridized carbons (Fsp3) is 0.208. The summed E-state index contributed by atoms with van der Waals surface area (Å²) in [6, 6.07) is 10.3. The smallest absolute Gasteiger partial charge is 0.366 e. The molecule has 0 bridgehead atoms. The molecule has 3 N–H and O–H groups in total. The summed E-state index contributed by atoms with van der Waals surface area (Å²) in [7, 11) is 0. The van der Waals surface area contributed by atoms with Crippen LogP contribution in [0.5, 0.6) is 0 Å². The van der Waals surface area contributed by atoms with Crippen molar-refractivity contribution in [2.75, 3.05) is 5.32 Å². The summed E-state index contributed by atoms with van der Waals surface area (Å²) in [6.07, 6.45) is -0.155. The van der Waals surface area contributed by atoms with Gasteiger partial charge in [-0.05, 0) is 42.2 Å². The zero-order valence-corrected chi connectivity index (χ0v) is 18.2. The maximum atomic E-state index is 13.3. The van der Waals surface area contributed by atoms with Crippen LogP contribution in [0, 0.1) is 0 Å². The van der Waals surface area contributed by atoms with Crippen LogP contribution in [-0.4, -0.2) is 32.6 Å². The molecule has 11 heteroatoms. The number of halogens is 3. The van der Waals surface area contributed by atoms with Crippen molar-refractivity contribution in [2.45, 2.75) is 31.6 Å². The van der Waals surface area contributed by atoms with E-state index in [0.29, 0.717) is 19.0 Å². The first-order chi connectivity index (χ1) is 16.6. The van der Waals surface area contributed by atoms with Gasteiger partial charge in [0.25, 0.3) is 0 Å². The van der Waals surface area contributed by atoms with Crippen molar-refractivity contribution in [3.63, 3.8) is 0 Å². The van der Waals surface area contributed by atoms with Gasteiger partial charge in [0, 0.05) is 12.4 Å². The molecule has 1 aromatic carbocycles. The number of anilines is 1. The van der Waals surface area contributed by atoms with E-state index < -0.39 is 35.5 Å². The lowest BCUT2D eigenvalue weighted by Gasteiger charge is -2.29. The Hall–Kier alpha value is -4.28. The van der Waals surface area contributed by atoms with Gasteiger partial charge < -0.3 is 16.0 Å². The molecule has 0 unspecified atom stereocenters. The van der Waals surface area contributed by atoms with Gasteiger partial charge in [-0.3, -0.25) is 24.4 Å². The van der Waals surface area contributed by atoms with Crippen LogP contribution in [0.4, 0.5) is 18.9 Å². The number of alkyl halides is 3. The lowest BCUT2D eigenvalue weighted by atomic mass is 10.1. The van der Waals surface area contributed by atoms with E-state index in [9.17, 15) is 27.6 Å². The van der Waals surface area contributed by atoms with Crippen LogP contribution < -0.4 is 11.1 Å². The molecule has 3 aromatic rings. The number of aromatic nitrogens is 2. The number of nitrogens with one attached hydrogen (secondary N) is 1. The number of rotatable bonds is 5. The maximum Gasteiger partial charge on any atom is 0.417 e. The van der Waals surface area contributed by atoms with E-state index in [1.807, 2.05) is 24.3 Å². The van der Waals surface area contributed by atoms with Crippen molar-refractivity contribution >= 4 is 23.4 Å². The zero-order valence-electron chi connectivity index (χ0n) is 18.2. The third kappa shape index (κ3) is 5.29. The summed E-state index contributed by atoms with van der Waals surface area (Å²) in [5, 5.41) is 2.41. The average molecular weight is 483 g/mol. The molecule has 35 heavy (non-hydrogen) atoms. The van der Waals surface area contributed by atoms with Crippen LogP contribution in [0.1, 0.15) is 45.2 Å². The number of carbonyl (C=O) groups is 3. The number of hydrogen-bond acceptors (Lipinski definition) is 5. The van der Waals surface area contributed by atoms with Crippen LogP contribution in [-0.2, 0) is 28.7 Å². The van der Waals surface area contributed by atoms with E-state index >= 15 is 0 Å². The Balaban J connectivity index is 1.61. The minimum atomic E-state index is -4.54. The van der Waals surface area contributed by atoms with Crippen LogP contribution >= 0.6 is 0 Å². The Kier molecular flexibility index (Phi) is 6.50. The monoisotopic (exact) mass is 483 g/mol. The van der Waals surface area contributed by atoms with Gasteiger partial charge in [-0.15, -0.1) is 0 Å². The third-order valence-corrected chi connectivity index (χ3v) is 5.70. The number of pyridine rings is 2. The van der Waals surface area contributed by atoms with Gasteiger partial charge in [0.2, 0.25) is 5.91 Å². The molecule has 1 aliphatic carbocycles. The van der Waals surface area contributed by atoms with Crippen LogP contribution in [0.3, 0.4) is 0 Å². The second-order valence-corrected chi connectivity index (χ2v) is 8.00. The number of hydrogen-bond donors (Lipinski definition) is 2. The Bertz CT molecular complexity index is 1280. The van der Waals surface area contributed by atoms with Gasteiger partial charge in [-0.1, -0.05) is 24.3 Å². The molecule has 3 amide bonds. The molecule has 1 aliphatic rings. The first-order valence-electron chi connectivity index (χ1n) is 10.6. The molecule has 2 heterocycles. The minimum Gasteiger partial charge on any atom is -0.366 e. The molecule has 0 fully saturated rings. The Labute approximate surface area is 198 Å². The highest BCUT2D eigenvalue weighted by Gasteiger charge is 2.35. The second kappa shape index (κ2) is 9.53. The topological polar surface area (TPSA) is 118 Å². The molecular weight excluding hydrogens is 463 g/mol. The largest absolute Gasteiger partial charge is 0.417 e. The SMILES string of the molecule is NC(=O)c1cncc(NC(=O)C(=O)N(Cc2ccc(C(F)(F)F)cn2)[C@@H]2CCc3ccccc32)c1. The summed E-state index contributed by atoms with van der Waals surface area (Å²) in [6.45, 7) is -0.178. The summed E-state index contributed by atoms with van der Waals surface area (Å²) < 4.78 is 38.8. The van der Waals surface area contributed by atoms with E-state index in [4.69, 9.17) is 5.73 Å². The average Bonchev–Trinajstić information content (AvgIpc) is 3.26. The quantitative estimate of drug-likeness (QED) is 0.540. The Morgan fingerprint density at radius 3 is 2.54 bits per heavy atom. The molecule has 0 radical (unpaired) electrons. The zero-order chi connectivity index (χ0) is 25.2. The molecule has 0 saturated carbocycles. The standard InChI is InChI=1S/C24H20F3N5O3/c25-24(26,27)16-6-7-17(30-11-16)13-32(20-8-5-14-3-1-2-4-19(14)20)23(35)22(34)31-18-9-15(21(28)33)10-29-12-18/h1-4,6-7,9-12,20H,5,8,13H2,(H2,28,33)(H,31,34)/t20-/m1/s1. The summed E-state index contributed by atoms with van der Waals surface area (Å²) >= 11 is 0. The normalized spacial score (nSPS) is 14.8. The number of benzene rings is 1. The van der Waals surface area contributed by atoms with E-state index in [2.05, 4.69) is 15.3 Å². The molecule has 4 rings (SSSR count). The van der Waals surface area contributed by atoms with Gasteiger partial charge in [0.1, 0.15) is 0 Å². The fourth-order valence-corrected chi connectivity index (χ4v) is 4.00. The highest BCUT2D eigenvalue weighted by molar-refractivity contribution is 6.39. The Morgan fingerprint density at radius 2 is 1.86 bits per heavy atom. The van der Waals surface area contributed by atoms with Crippen molar-refractivity contribution in [3.8, 4) is 0 Å². The van der Waals surface area contributed by atoms with Crippen LogP contribution in [0.15, 0.2) is 61.1 Å². The number of amides is 3. The minimum absolute atomic E-state index is 0.0470. The Morgan fingerprint density at radius 1 is 1.09 bits per heavy atom. The van der Waals surface area contributed by atoms with Crippen molar-refractivity contribution in [1.82, 2.24) is 14.9 Å². The number of aryl methyl sites for hydroxylation is 1. The molecule has 0 aliphatic heterocycles. The predicted octanol–water partition coefficient (Wildman–Crippen LogP) is 3.25. The van der Waals surface area contributed by atoms with Crippen LogP contribution in [0.25, 0.3) is 0 Å². The maximum absolute atomic E-state index is 13.3. The van der Waals surface area contributed by atoms with Gasteiger partial charge in [0.05, 0.1) is 41.3 Å². The predicted molar refractivity (Wildman–Crippen MR) is 119 cm³/mol. The molecule has 8 nitrogen and oxygen atoms in total. The summed E-state index contributed by atoms with van der Waals surface area (Å²) in [5.41, 5.74) is 6.54. The number of nitrogens with two attached hydrogens (primary N) is 1. The number of primary amides is 1. The lowest BCUT2D eigenvalue weighted by Crippen LogP contribution is -2.41. The first-order valence-corrected chi connectivity index (χ1v) is 10.6. The van der Waals surface area contributed by atoms with Gasteiger partial charge in [0.15, 0.2) is 0 Å². The van der Waals surface area contributed by atoms with Gasteiger partial charge in [-0.25, -0.2) is 0 Å². The van der Waals surface area contributed by atoms with E-state index in [1.165, 1.54) is 29.4 Å². The molecule has 0 spiro atoms. The van der Waals surface area contributed by atoms with Gasteiger partial charge >= 0.3 is 18.0 Å². The molecule has 2 aromatic heterocycles. The summed E-state index contributed by atoms with van der Waals surface area (Å²) in [5.74, 6) is -2.65. The fourth-order valence-electron chi connectivity index (χ4n) is 4.00. The van der Waals surface area contributed by atoms with E-state index in [1.54, 1.807) is 0 Å². The number of carbonyl (C=O) groups excluding carboxylic acids is 3. The van der Waals surface area contributed by atoms with E-state index in [0.717, 1.165) is 17.2 Å². The third-order valence-electron chi connectivity index (χ3n) is 5.70. The van der Waals surface area contributed by atoms with Crippen molar-refractivity contribution in [1.29, 1.82) is 0 Å². The van der Waals surface area contributed by atoms with E-state index in [-0.39, 0.29) is 23.5 Å². The second-order valence-electron chi connectivity index (χ2n) is 8.00. The number of nitrogens with zero attached hydrogens (tertiary/aromatic N) is 3. The summed E-state index contributed by atoms with van der Waals surface area (Å²) in [4.78, 5) is 46.5. The van der Waals surface area contributed by atoms with Gasteiger partial charge in [-0.2, -0.15) is 13.2 Å². The first kappa shape index (κ1) is 23.9. The van der Waals surface area contributed by atoms with Crippen molar-refractivity contribution in [2.24, 2.45) is 5.73 Å². The molecular formula is C24H20F3N5O3. The molecule has 1 atom stereocenters. The lowest BCUT2D eigenvalue weighted by molar-refractivity contribution is -0.145. The van der Waals surface area contributed by atoms with Crippen molar-refractivity contribution < 1.29 is 27.6 Å². The molecule has 180 valence electrons.